The molecule has 0 saturated carbocycles. The van der Waals surface area contributed by atoms with Gasteiger partial charge in [-0.15, -0.1) is 0 Å². The number of fused-ring (bicyclic) bond motifs is 1. The smallest absolute Gasteiger partial charge is 0.411 e. The number of benzene rings is 2. The van der Waals surface area contributed by atoms with E-state index in [9.17, 15) is 9.90 Å². The lowest BCUT2D eigenvalue weighted by atomic mass is 10.1. The first-order valence-corrected chi connectivity index (χ1v) is 5.37. The minimum atomic E-state index is -0.525. The molecule has 88 valence electrons. The number of ether oxygens (including phenoxy) is 1. The maximum absolute atomic E-state index is 11.4. The van der Waals surface area contributed by atoms with Gasteiger partial charge in [-0.2, -0.15) is 0 Å². The average molecular weight is 231 g/mol. The molecule has 0 bridgehead atoms. The summed E-state index contributed by atoms with van der Waals surface area (Å²) in [7, 11) is 0. The highest BCUT2D eigenvalue weighted by Gasteiger charge is 2.08. The SMILES string of the molecule is CCOC(=O)Nc1cccc2cccc(O)c12. The number of carbonyl (C=O) groups is 1. The van der Waals surface area contributed by atoms with E-state index in [4.69, 9.17) is 4.74 Å². The van der Waals surface area contributed by atoms with Crippen molar-refractivity contribution in [3.05, 3.63) is 36.4 Å². The maximum Gasteiger partial charge on any atom is 0.411 e. The van der Waals surface area contributed by atoms with Gasteiger partial charge in [0.25, 0.3) is 0 Å². The largest absolute Gasteiger partial charge is 0.507 e. The Morgan fingerprint density at radius 1 is 1.29 bits per heavy atom. The average Bonchev–Trinajstić information content (AvgIpc) is 2.29. The molecule has 4 nitrogen and oxygen atoms in total. The molecule has 4 heteroatoms. The zero-order valence-electron chi connectivity index (χ0n) is 9.43. The lowest BCUT2D eigenvalue weighted by Gasteiger charge is -2.09. The lowest BCUT2D eigenvalue weighted by Crippen LogP contribution is -2.13. The fourth-order valence-corrected chi connectivity index (χ4v) is 1.70. The van der Waals surface area contributed by atoms with Crippen molar-refractivity contribution < 1.29 is 14.6 Å². The molecule has 1 amide bonds. The highest BCUT2D eigenvalue weighted by Crippen LogP contribution is 2.31. The fraction of sp³-hybridized carbons (Fsp3) is 0.154. The molecule has 0 atom stereocenters. The van der Waals surface area contributed by atoms with Crippen LogP contribution in [0.1, 0.15) is 6.92 Å². The van der Waals surface area contributed by atoms with Gasteiger partial charge in [-0.25, -0.2) is 4.79 Å². The Labute approximate surface area is 98.8 Å². The van der Waals surface area contributed by atoms with Crippen LogP contribution < -0.4 is 5.32 Å². The monoisotopic (exact) mass is 231 g/mol. The van der Waals surface area contributed by atoms with Gasteiger partial charge in [-0.05, 0) is 24.4 Å². The fourth-order valence-electron chi connectivity index (χ4n) is 1.70. The molecule has 0 aliphatic heterocycles. The molecule has 0 heterocycles. The van der Waals surface area contributed by atoms with Crippen molar-refractivity contribution in [1.82, 2.24) is 0 Å². The van der Waals surface area contributed by atoms with Gasteiger partial charge in [-0.3, -0.25) is 5.32 Å². The number of aromatic hydroxyl groups is 1. The number of amides is 1. The molecule has 2 aromatic carbocycles. The summed E-state index contributed by atoms with van der Waals surface area (Å²) in [6, 6.07) is 10.6. The Morgan fingerprint density at radius 2 is 2.00 bits per heavy atom. The van der Waals surface area contributed by atoms with Gasteiger partial charge in [0, 0.05) is 5.39 Å². The molecule has 0 saturated heterocycles. The Kier molecular flexibility index (Phi) is 3.14. The third kappa shape index (κ3) is 2.30. The minimum Gasteiger partial charge on any atom is -0.507 e. The van der Waals surface area contributed by atoms with Gasteiger partial charge in [0.15, 0.2) is 0 Å². The molecule has 17 heavy (non-hydrogen) atoms. The molecule has 0 radical (unpaired) electrons. The quantitative estimate of drug-likeness (QED) is 0.834. The van der Waals surface area contributed by atoms with Crippen LogP contribution in [-0.4, -0.2) is 17.8 Å². The van der Waals surface area contributed by atoms with Crippen LogP contribution in [0.2, 0.25) is 0 Å². The summed E-state index contributed by atoms with van der Waals surface area (Å²) >= 11 is 0. The summed E-state index contributed by atoms with van der Waals surface area (Å²) in [5.41, 5.74) is 0.541. The standard InChI is InChI=1S/C13H13NO3/c1-2-17-13(16)14-10-7-3-5-9-6-4-8-11(15)12(9)10/h3-8,15H,2H2,1H3,(H,14,16). The zero-order valence-corrected chi connectivity index (χ0v) is 9.43. The maximum atomic E-state index is 11.4. The van der Waals surface area contributed by atoms with E-state index >= 15 is 0 Å². The van der Waals surface area contributed by atoms with Crippen LogP contribution in [0, 0.1) is 0 Å². The number of hydrogen-bond donors (Lipinski definition) is 2. The van der Waals surface area contributed by atoms with Crippen molar-refractivity contribution in [2.45, 2.75) is 6.92 Å². The van der Waals surface area contributed by atoms with Crippen molar-refractivity contribution in [1.29, 1.82) is 0 Å². The van der Waals surface area contributed by atoms with Gasteiger partial charge in [-0.1, -0.05) is 24.3 Å². The van der Waals surface area contributed by atoms with Crippen LogP contribution in [0.3, 0.4) is 0 Å². The molecule has 0 aromatic heterocycles. The number of phenolic OH excluding ortho intramolecular Hbond substituents is 1. The second kappa shape index (κ2) is 4.74. The summed E-state index contributed by atoms with van der Waals surface area (Å²) in [6.07, 6.45) is -0.525. The molecule has 0 unspecified atom stereocenters. The predicted molar refractivity (Wildman–Crippen MR) is 66.3 cm³/mol. The zero-order chi connectivity index (χ0) is 12.3. The predicted octanol–water partition coefficient (Wildman–Crippen LogP) is 3.11. The van der Waals surface area contributed by atoms with E-state index in [1.807, 2.05) is 18.2 Å². The van der Waals surface area contributed by atoms with Crippen LogP contribution in [0.25, 0.3) is 10.8 Å². The van der Waals surface area contributed by atoms with Crippen LogP contribution in [-0.2, 0) is 4.74 Å². The van der Waals surface area contributed by atoms with Gasteiger partial charge >= 0.3 is 6.09 Å². The Bertz CT molecular complexity index is 546. The summed E-state index contributed by atoms with van der Waals surface area (Å²) in [4.78, 5) is 11.4. The molecule has 2 N–H and O–H groups in total. The molecular formula is C13H13NO3. The van der Waals surface area contributed by atoms with Crippen molar-refractivity contribution in [3.8, 4) is 5.75 Å². The van der Waals surface area contributed by atoms with Crippen molar-refractivity contribution >= 4 is 22.6 Å². The van der Waals surface area contributed by atoms with E-state index in [0.29, 0.717) is 17.7 Å². The molecule has 2 aromatic rings. The second-order valence-electron chi connectivity index (χ2n) is 3.53. The highest BCUT2D eigenvalue weighted by atomic mass is 16.5. The van der Waals surface area contributed by atoms with E-state index in [1.54, 1.807) is 25.1 Å². The highest BCUT2D eigenvalue weighted by molar-refractivity contribution is 6.03. The van der Waals surface area contributed by atoms with Crippen molar-refractivity contribution in [3.63, 3.8) is 0 Å². The number of rotatable bonds is 2. The van der Waals surface area contributed by atoms with Crippen LogP contribution >= 0.6 is 0 Å². The first-order valence-electron chi connectivity index (χ1n) is 5.37. The first-order chi connectivity index (χ1) is 8.22. The first kappa shape index (κ1) is 11.3. The van der Waals surface area contributed by atoms with E-state index in [2.05, 4.69) is 5.32 Å². The molecule has 0 fully saturated rings. The summed E-state index contributed by atoms with van der Waals surface area (Å²) in [5.74, 6) is 0.134. The van der Waals surface area contributed by atoms with Crippen molar-refractivity contribution in [2.75, 3.05) is 11.9 Å². The van der Waals surface area contributed by atoms with Gasteiger partial charge < -0.3 is 9.84 Å². The molecule has 0 spiro atoms. The molecular weight excluding hydrogens is 218 g/mol. The summed E-state index contributed by atoms with van der Waals surface area (Å²) in [6.45, 7) is 2.04. The van der Waals surface area contributed by atoms with Gasteiger partial charge in [0.2, 0.25) is 0 Å². The Balaban J connectivity index is 2.43. The number of carbonyl (C=O) groups excluding carboxylic acids is 1. The van der Waals surface area contributed by atoms with Crippen molar-refractivity contribution in [2.24, 2.45) is 0 Å². The topological polar surface area (TPSA) is 58.6 Å². The van der Waals surface area contributed by atoms with Crippen LogP contribution in [0.4, 0.5) is 10.5 Å². The van der Waals surface area contributed by atoms with Crippen LogP contribution in [0.15, 0.2) is 36.4 Å². The Hall–Kier alpha value is -2.23. The number of phenols is 1. The van der Waals surface area contributed by atoms with Gasteiger partial charge in [0.05, 0.1) is 12.3 Å². The van der Waals surface area contributed by atoms with E-state index < -0.39 is 6.09 Å². The van der Waals surface area contributed by atoms with Crippen LogP contribution in [0.5, 0.6) is 5.75 Å². The number of anilines is 1. The number of hydrogen-bond acceptors (Lipinski definition) is 3. The summed E-state index contributed by atoms with van der Waals surface area (Å²) in [5, 5.41) is 13.9. The van der Waals surface area contributed by atoms with E-state index in [1.165, 1.54) is 0 Å². The third-order valence-electron chi connectivity index (χ3n) is 2.39. The van der Waals surface area contributed by atoms with E-state index in [-0.39, 0.29) is 5.75 Å². The third-order valence-corrected chi connectivity index (χ3v) is 2.39. The molecule has 0 aliphatic rings. The minimum absolute atomic E-state index is 0.134. The van der Waals surface area contributed by atoms with E-state index in [0.717, 1.165) is 5.39 Å². The number of nitrogens with one attached hydrogen (secondary N) is 1. The Morgan fingerprint density at radius 3 is 2.71 bits per heavy atom. The van der Waals surface area contributed by atoms with Gasteiger partial charge in [0.1, 0.15) is 5.75 Å². The summed E-state index contributed by atoms with van der Waals surface area (Å²) < 4.78 is 4.80. The normalized spacial score (nSPS) is 10.2. The molecule has 0 aliphatic carbocycles. The second-order valence-corrected chi connectivity index (χ2v) is 3.53. The lowest BCUT2D eigenvalue weighted by molar-refractivity contribution is 0.168. The molecule has 2 rings (SSSR count).